The molecule has 4 rings (SSSR count). The lowest BCUT2D eigenvalue weighted by Crippen LogP contribution is -2.51. The van der Waals surface area contributed by atoms with Gasteiger partial charge in [-0.05, 0) is 52.6 Å². The Kier molecular flexibility index (Phi) is 7.49. The molecule has 0 saturated carbocycles. The van der Waals surface area contributed by atoms with Crippen LogP contribution in [-0.2, 0) is 4.79 Å². The minimum absolute atomic E-state index is 0.0563. The van der Waals surface area contributed by atoms with Gasteiger partial charge in [-0.1, -0.05) is 61.9 Å². The molecule has 36 heavy (non-hydrogen) atoms. The van der Waals surface area contributed by atoms with Crippen molar-refractivity contribution in [3.63, 3.8) is 0 Å². The molecule has 184 valence electrons. The third kappa shape index (κ3) is 4.86. The van der Waals surface area contributed by atoms with Gasteiger partial charge in [0.1, 0.15) is 11.5 Å². The summed E-state index contributed by atoms with van der Waals surface area (Å²) in [4.78, 5) is 25.5. The summed E-state index contributed by atoms with van der Waals surface area (Å²) in [6.45, 7) is 2.30. The van der Waals surface area contributed by atoms with Gasteiger partial charge in [0.25, 0.3) is 0 Å². The van der Waals surface area contributed by atoms with E-state index in [1.165, 1.54) is 4.58 Å². The fourth-order valence-corrected chi connectivity index (χ4v) is 4.24. The van der Waals surface area contributed by atoms with E-state index in [9.17, 15) is 14.7 Å². The molecule has 1 aliphatic heterocycles. The van der Waals surface area contributed by atoms with Crippen molar-refractivity contribution in [3.8, 4) is 11.5 Å². The van der Waals surface area contributed by atoms with E-state index >= 15 is 0 Å². The number of hydrogen-bond acceptors (Lipinski definition) is 4. The van der Waals surface area contributed by atoms with Gasteiger partial charge in [0.2, 0.25) is 0 Å². The highest BCUT2D eigenvalue weighted by Crippen LogP contribution is 2.25. The Morgan fingerprint density at radius 2 is 1.42 bits per heavy atom. The highest BCUT2D eigenvalue weighted by Gasteiger charge is 2.37. The molecule has 0 radical (unpaired) electrons. The molecule has 2 N–H and O–H groups in total. The third-order valence-electron chi connectivity index (χ3n) is 6.13. The number of rotatable bonds is 7. The number of nitrogens with one attached hydrogen (secondary N) is 1. The molecular formula is C29H29N2O5+. The molecule has 0 unspecified atom stereocenters. The van der Waals surface area contributed by atoms with Crippen LogP contribution in [0.5, 0.6) is 11.5 Å². The van der Waals surface area contributed by atoms with E-state index < -0.39 is 11.9 Å². The SMILES string of the molecule is CCCC[N+]1=C(O)C(=c2ccccc2=C(c2ccc(OC)cc2)c2ccc(OC)cc2)C(=O)NC1=O. The molecule has 3 aromatic rings. The van der Waals surface area contributed by atoms with Crippen LogP contribution >= 0.6 is 0 Å². The van der Waals surface area contributed by atoms with Gasteiger partial charge in [0.05, 0.1) is 20.8 Å². The van der Waals surface area contributed by atoms with Crippen LogP contribution in [0.4, 0.5) is 4.79 Å². The van der Waals surface area contributed by atoms with Crippen LogP contribution in [0.1, 0.15) is 30.9 Å². The van der Waals surface area contributed by atoms with Crippen molar-refractivity contribution in [2.75, 3.05) is 20.8 Å². The average Bonchev–Trinajstić information content (AvgIpc) is 2.90. The van der Waals surface area contributed by atoms with Crippen molar-refractivity contribution in [3.05, 3.63) is 94.4 Å². The summed E-state index contributed by atoms with van der Waals surface area (Å²) in [6, 6.07) is 22.0. The predicted octanol–water partition coefficient (Wildman–Crippen LogP) is 3.12. The third-order valence-corrected chi connectivity index (χ3v) is 6.13. The molecule has 7 nitrogen and oxygen atoms in total. The summed E-state index contributed by atoms with van der Waals surface area (Å²) in [7, 11) is 3.22. The predicted molar refractivity (Wildman–Crippen MR) is 138 cm³/mol. The number of hydrogen-bond donors (Lipinski definition) is 2. The van der Waals surface area contributed by atoms with Crippen LogP contribution in [0, 0.1) is 0 Å². The van der Waals surface area contributed by atoms with Crippen LogP contribution in [0.2, 0.25) is 0 Å². The second-order valence-corrected chi connectivity index (χ2v) is 8.34. The Bertz CT molecular complexity index is 1390. The first kappa shape index (κ1) is 24.7. The lowest BCUT2D eigenvalue weighted by atomic mass is 9.93. The van der Waals surface area contributed by atoms with Crippen molar-refractivity contribution in [1.82, 2.24) is 5.32 Å². The lowest BCUT2D eigenvalue weighted by Gasteiger charge is -2.15. The molecule has 0 bridgehead atoms. The first-order chi connectivity index (χ1) is 17.5. The van der Waals surface area contributed by atoms with E-state index in [1.807, 2.05) is 67.6 Å². The summed E-state index contributed by atoms with van der Waals surface area (Å²) in [5.41, 5.74) is 2.69. The minimum atomic E-state index is -0.637. The largest absolute Gasteiger partial charge is 0.501 e. The second-order valence-electron chi connectivity index (χ2n) is 8.34. The molecule has 0 fully saturated rings. The molecule has 0 aliphatic carbocycles. The Balaban J connectivity index is 2.12. The zero-order valence-electron chi connectivity index (χ0n) is 20.6. The number of aliphatic hydroxyl groups excluding tert-OH is 1. The van der Waals surface area contributed by atoms with Crippen LogP contribution in [0.25, 0.3) is 11.1 Å². The second kappa shape index (κ2) is 10.9. The van der Waals surface area contributed by atoms with E-state index in [2.05, 4.69) is 5.32 Å². The van der Waals surface area contributed by atoms with Gasteiger partial charge >= 0.3 is 17.8 Å². The number of carbonyl (C=O) groups excluding carboxylic acids is 2. The normalized spacial score (nSPS) is 15.0. The molecule has 0 spiro atoms. The molecule has 0 atom stereocenters. The van der Waals surface area contributed by atoms with Crippen LogP contribution in [-0.4, -0.2) is 48.3 Å². The number of unbranched alkanes of at least 4 members (excludes halogenated alkanes) is 1. The van der Waals surface area contributed by atoms with E-state index in [-0.39, 0.29) is 11.5 Å². The Labute approximate surface area is 209 Å². The average molecular weight is 486 g/mol. The van der Waals surface area contributed by atoms with Crippen LogP contribution in [0.3, 0.4) is 0 Å². The first-order valence-corrected chi connectivity index (χ1v) is 11.8. The number of benzene rings is 3. The number of ether oxygens (including phenoxy) is 2. The maximum atomic E-state index is 13.0. The van der Waals surface area contributed by atoms with Gasteiger partial charge in [-0.15, -0.1) is 0 Å². The summed E-state index contributed by atoms with van der Waals surface area (Å²) in [6.07, 6.45) is 1.53. The monoisotopic (exact) mass is 485 g/mol. The summed E-state index contributed by atoms with van der Waals surface area (Å²) in [5.74, 6) is 0.464. The molecule has 7 heteroatoms. The maximum Gasteiger partial charge on any atom is 0.501 e. The zero-order chi connectivity index (χ0) is 25.7. The first-order valence-electron chi connectivity index (χ1n) is 11.8. The van der Waals surface area contributed by atoms with Crippen molar-refractivity contribution >= 4 is 29.0 Å². The van der Waals surface area contributed by atoms with E-state index in [0.717, 1.165) is 39.8 Å². The van der Waals surface area contributed by atoms with Gasteiger partial charge in [-0.25, -0.2) is 4.79 Å². The number of urea groups is 1. The number of amides is 3. The Morgan fingerprint density at radius 3 is 1.94 bits per heavy atom. The van der Waals surface area contributed by atoms with Crippen LogP contribution < -0.4 is 25.2 Å². The number of imide groups is 1. The van der Waals surface area contributed by atoms with E-state index in [0.29, 0.717) is 18.2 Å². The summed E-state index contributed by atoms with van der Waals surface area (Å²) >= 11 is 0. The van der Waals surface area contributed by atoms with Gasteiger partial charge in [0, 0.05) is 5.22 Å². The Morgan fingerprint density at radius 1 is 0.861 bits per heavy atom. The fourth-order valence-electron chi connectivity index (χ4n) is 4.24. The maximum absolute atomic E-state index is 13.0. The number of nitrogens with zero attached hydrogens (tertiary/aromatic N) is 1. The standard InChI is InChI=1S/C29H28N2O5/c1-4-5-18-31-28(33)26(27(32)30-29(31)34)24-9-7-6-8-23(24)25(19-10-14-21(35-2)15-11-19)20-12-16-22(36-3)17-13-20/h6-17H,4-5,18H2,1-3H3,(H,30,32,34)/p+1. The molecule has 3 aromatic carbocycles. The highest BCUT2D eigenvalue weighted by atomic mass is 16.5. The molecule has 1 heterocycles. The van der Waals surface area contributed by atoms with Gasteiger partial charge in [0.15, 0.2) is 5.57 Å². The molecule has 0 aromatic heterocycles. The summed E-state index contributed by atoms with van der Waals surface area (Å²) in [5, 5.41) is 14.7. The minimum Gasteiger partial charge on any atom is -0.497 e. The van der Waals surface area contributed by atoms with Crippen LogP contribution in [0.15, 0.2) is 72.8 Å². The quantitative estimate of drug-likeness (QED) is 0.502. The van der Waals surface area contributed by atoms with Gasteiger partial charge < -0.3 is 14.6 Å². The lowest BCUT2D eigenvalue weighted by molar-refractivity contribution is -0.437. The van der Waals surface area contributed by atoms with Crippen molar-refractivity contribution in [2.24, 2.45) is 0 Å². The fraction of sp³-hybridized carbons (Fsp3) is 0.207. The molecule has 1 aliphatic rings. The number of aliphatic hydroxyl groups is 1. The topological polar surface area (TPSA) is 87.9 Å². The molecular weight excluding hydrogens is 456 g/mol. The van der Waals surface area contributed by atoms with Crippen molar-refractivity contribution in [2.45, 2.75) is 19.8 Å². The van der Waals surface area contributed by atoms with Gasteiger partial charge in [-0.2, -0.15) is 14.7 Å². The summed E-state index contributed by atoms with van der Waals surface area (Å²) < 4.78 is 11.9. The molecule has 0 saturated heterocycles. The zero-order valence-corrected chi connectivity index (χ0v) is 20.6. The van der Waals surface area contributed by atoms with Crippen molar-refractivity contribution in [1.29, 1.82) is 0 Å². The number of methoxy groups -OCH3 is 2. The van der Waals surface area contributed by atoms with E-state index in [4.69, 9.17) is 9.47 Å². The van der Waals surface area contributed by atoms with E-state index in [1.54, 1.807) is 26.4 Å². The molecule has 3 amide bonds. The van der Waals surface area contributed by atoms with Gasteiger partial charge in [-0.3, -0.25) is 0 Å². The Hall–Kier alpha value is -4.39. The smallest absolute Gasteiger partial charge is 0.497 e. The number of carbonyl (C=O) groups is 2. The highest BCUT2D eigenvalue weighted by molar-refractivity contribution is 6.41. The van der Waals surface area contributed by atoms with Crippen molar-refractivity contribution < 1.29 is 28.7 Å².